The lowest BCUT2D eigenvalue weighted by atomic mass is 9.70. The maximum atomic E-state index is 5.96. The Balaban J connectivity index is 0.881. The van der Waals surface area contributed by atoms with Gasteiger partial charge in [-0.1, -0.05) is 205 Å². The minimum absolute atomic E-state index is 0.496. The van der Waals surface area contributed by atoms with Gasteiger partial charge < -0.3 is 18.9 Å². The highest BCUT2D eigenvalue weighted by Crippen LogP contribution is 2.44. The van der Waals surface area contributed by atoms with E-state index in [1.54, 1.807) is 0 Å². The molecule has 4 heteroatoms. The minimum Gasteiger partial charge on any atom is -0.378 e. The highest BCUT2D eigenvalue weighted by molar-refractivity contribution is 4.92. The lowest BCUT2D eigenvalue weighted by molar-refractivity contribution is -0.00778. The molecule has 0 aromatic rings. The Bertz CT molecular complexity index is 1120. The fraction of sp³-hybridized carbons (Fsp3) is 1.00. The van der Waals surface area contributed by atoms with Gasteiger partial charge in [-0.25, -0.2) is 0 Å². The number of epoxide rings is 2. The molecule has 6 aliphatic rings. The standard InChI is InChI=1S/C62H114O4/c1-52-38-40-56(50-63-52)34-25-17-9-5-13-21-29-46-62(47-30-22-14-6-10-18-26-35-57-41-39-53(2)64-51-57,45-28-20-12-4-8-16-24-33-55-42-43-59-61(49-55)66-59)44-27-19-11-3-7-15-23-32-54-36-31-37-58-60(48-54)65-58/h52-61H,3-51H2,1-2H3. The second-order valence-electron chi connectivity index (χ2n) is 24.9. The van der Waals surface area contributed by atoms with Crippen LogP contribution in [-0.4, -0.2) is 49.8 Å². The monoisotopic (exact) mass is 923 g/mol. The molecular weight excluding hydrogens is 809 g/mol. The van der Waals surface area contributed by atoms with Gasteiger partial charge in [0.25, 0.3) is 0 Å². The van der Waals surface area contributed by atoms with Crippen LogP contribution in [0, 0.1) is 29.1 Å². The van der Waals surface area contributed by atoms with Crippen LogP contribution in [0.3, 0.4) is 0 Å². The molecule has 0 radical (unpaired) electrons. The molecular formula is C62H114O4. The molecule has 4 heterocycles. The molecule has 10 atom stereocenters. The number of hydrogen-bond acceptors (Lipinski definition) is 4. The lowest BCUT2D eigenvalue weighted by Crippen LogP contribution is -2.23. The van der Waals surface area contributed by atoms with Gasteiger partial charge in [-0.05, 0) is 139 Å². The van der Waals surface area contributed by atoms with Crippen LogP contribution < -0.4 is 0 Å². The summed E-state index contributed by atoms with van der Waals surface area (Å²) in [6.07, 6.45) is 71.7. The number of fused-ring (bicyclic) bond motifs is 2. The first kappa shape index (κ1) is 55.2. The summed E-state index contributed by atoms with van der Waals surface area (Å²) in [4.78, 5) is 0. The first-order chi connectivity index (χ1) is 32.5. The topological polar surface area (TPSA) is 43.5 Å². The van der Waals surface area contributed by atoms with E-state index in [0.717, 1.165) is 36.9 Å². The second-order valence-corrected chi connectivity index (χ2v) is 24.9. The Morgan fingerprint density at radius 1 is 0.303 bits per heavy atom. The molecule has 0 amide bonds. The Hall–Kier alpha value is -0.160. The van der Waals surface area contributed by atoms with E-state index in [9.17, 15) is 0 Å². The van der Waals surface area contributed by atoms with Crippen molar-refractivity contribution in [2.24, 2.45) is 29.1 Å². The van der Waals surface area contributed by atoms with Crippen LogP contribution in [-0.2, 0) is 18.9 Å². The van der Waals surface area contributed by atoms with E-state index < -0.39 is 0 Å². The van der Waals surface area contributed by atoms with Crippen molar-refractivity contribution in [1.29, 1.82) is 0 Å². The number of unbranched alkanes of at least 4 members (excludes halogenated alkanes) is 24. The summed E-state index contributed by atoms with van der Waals surface area (Å²) in [5.41, 5.74) is 0.617. The maximum absolute atomic E-state index is 5.96. The van der Waals surface area contributed by atoms with E-state index in [-0.39, 0.29) is 0 Å². The molecule has 66 heavy (non-hydrogen) atoms. The van der Waals surface area contributed by atoms with Crippen molar-refractivity contribution in [3.05, 3.63) is 0 Å². The van der Waals surface area contributed by atoms with Crippen molar-refractivity contribution in [3.8, 4) is 0 Å². The molecule has 4 aliphatic heterocycles. The van der Waals surface area contributed by atoms with Crippen molar-refractivity contribution < 1.29 is 18.9 Å². The van der Waals surface area contributed by atoms with Crippen molar-refractivity contribution in [3.63, 3.8) is 0 Å². The second kappa shape index (κ2) is 33.5. The van der Waals surface area contributed by atoms with Gasteiger partial charge in [-0.15, -0.1) is 0 Å². The van der Waals surface area contributed by atoms with Crippen molar-refractivity contribution in [2.45, 2.75) is 352 Å². The van der Waals surface area contributed by atoms with Crippen molar-refractivity contribution in [1.82, 2.24) is 0 Å². The molecule has 0 bridgehead atoms. The van der Waals surface area contributed by atoms with Gasteiger partial charge in [-0.2, -0.15) is 0 Å². The Morgan fingerprint density at radius 2 is 0.621 bits per heavy atom. The van der Waals surface area contributed by atoms with Gasteiger partial charge in [0.05, 0.1) is 36.6 Å². The van der Waals surface area contributed by atoms with Crippen LogP contribution in [0.1, 0.15) is 316 Å². The molecule has 2 saturated carbocycles. The van der Waals surface area contributed by atoms with Crippen LogP contribution in [0.2, 0.25) is 0 Å². The van der Waals surface area contributed by atoms with Crippen LogP contribution >= 0.6 is 0 Å². The highest BCUT2D eigenvalue weighted by atomic mass is 16.6. The van der Waals surface area contributed by atoms with Gasteiger partial charge in [0.1, 0.15) is 0 Å². The van der Waals surface area contributed by atoms with E-state index >= 15 is 0 Å². The highest BCUT2D eigenvalue weighted by Gasteiger charge is 2.43. The summed E-state index contributed by atoms with van der Waals surface area (Å²) in [7, 11) is 0. The van der Waals surface area contributed by atoms with Gasteiger partial charge in [0, 0.05) is 13.2 Å². The predicted octanol–water partition coefficient (Wildman–Crippen LogP) is 19.2. The van der Waals surface area contributed by atoms with Crippen LogP contribution in [0.15, 0.2) is 0 Å². The number of hydrogen-bond donors (Lipinski definition) is 0. The quantitative estimate of drug-likeness (QED) is 0.0454. The van der Waals surface area contributed by atoms with Crippen LogP contribution in [0.4, 0.5) is 0 Å². The Morgan fingerprint density at radius 3 is 1.00 bits per heavy atom. The fourth-order valence-electron chi connectivity index (χ4n) is 14.1. The zero-order chi connectivity index (χ0) is 45.8. The zero-order valence-electron chi connectivity index (χ0n) is 44.6. The van der Waals surface area contributed by atoms with Crippen molar-refractivity contribution >= 4 is 0 Å². The maximum Gasteiger partial charge on any atom is 0.0844 e. The fourth-order valence-corrected chi connectivity index (χ4v) is 14.1. The molecule has 4 saturated heterocycles. The van der Waals surface area contributed by atoms with E-state index in [1.165, 1.54) is 302 Å². The molecule has 6 fully saturated rings. The Kier molecular flexibility index (Phi) is 28.0. The normalized spacial score (nSPS) is 30.6. The van der Waals surface area contributed by atoms with E-state index in [1.807, 2.05) is 0 Å². The third-order valence-electron chi connectivity index (χ3n) is 18.9. The van der Waals surface area contributed by atoms with Gasteiger partial charge >= 0.3 is 0 Å². The van der Waals surface area contributed by atoms with Crippen molar-refractivity contribution in [2.75, 3.05) is 13.2 Å². The molecule has 0 spiro atoms. The molecule has 4 nitrogen and oxygen atoms in total. The molecule has 6 rings (SSSR count). The third kappa shape index (κ3) is 23.8. The minimum atomic E-state index is 0.496. The van der Waals surface area contributed by atoms with Gasteiger partial charge in [0.15, 0.2) is 0 Å². The summed E-state index contributed by atoms with van der Waals surface area (Å²) in [5, 5.41) is 0. The number of rotatable bonds is 40. The summed E-state index contributed by atoms with van der Waals surface area (Å²) < 4.78 is 23.6. The van der Waals surface area contributed by atoms with E-state index in [2.05, 4.69) is 13.8 Å². The van der Waals surface area contributed by atoms with E-state index in [4.69, 9.17) is 18.9 Å². The number of ether oxygens (including phenoxy) is 4. The molecule has 0 N–H and O–H groups in total. The molecule has 386 valence electrons. The van der Waals surface area contributed by atoms with Crippen LogP contribution in [0.25, 0.3) is 0 Å². The summed E-state index contributed by atoms with van der Waals surface area (Å²) >= 11 is 0. The summed E-state index contributed by atoms with van der Waals surface area (Å²) in [6.45, 7) is 6.54. The predicted molar refractivity (Wildman–Crippen MR) is 282 cm³/mol. The summed E-state index contributed by atoms with van der Waals surface area (Å²) in [5.74, 6) is 3.60. The molecule has 0 aromatic carbocycles. The first-order valence-corrected chi connectivity index (χ1v) is 31.1. The molecule has 2 aliphatic carbocycles. The largest absolute Gasteiger partial charge is 0.378 e. The lowest BCUT2D eigenvalue weighted by Gasteiger charge is -2.35. The Labute approximate surface area is 411 Å². The smallest absolute Gasteiger partial charge is 0.0844 e. The van der Waals surface area contributed by atoms with E-state index in [0.29, 0.717) is 42.0 Å². The van der Waals surface area contributed by atoms with Crippen LogP contribution in [0.5, 0.6) is 0 Å². The molecule has 10 unspecified atom stereocenters. The average Bonchev–Trinajstić information content (AvgIpc) is 4.26. The van der Waals surface area contributed by atoms with Gasteiger partial charge in [0.2, 0.25) is 0 Å². The average molecular weight is 924 g/mol. The molecule has 0 aromatic heterocycles. The van der Waals surface area contributed by atoms with Gasteiger partial charge in [-0.3, -0.25) is 0 Å². The zero-order valence-corrected chi connectivity index (χ0v) is 44.6. The SMILES string of the molecule is CC1CCC(CCCCCCCCCC(CCCCCCCCCC2CCC(C)OC2)(CCCCCCCCCC2CCCC3OC3C2)CCCCCCCCCC2CCC3OC3C2)CO1. The summed E-state index contributed by atoms with van der Waals surface area (Å²) in [6, 6.07) is 0. The first-order valence-electron chi connectivity index (χ1n) is 31.1. The third-order valence-corrected chi connectivity index (χ3v) is 18.9.